The van der Waals surface area contributed by atoms with E-state index in [-0.39, 0.29) is 24.2 Å². The first-order chi connectivity index (χ1) is 9.80. The van der Waals surface area contributed by atoms with E-state index in [1.807, 2.05) is 32.9 Å². The van der Waals surface area contributed by atoms with Gasteiger partial charge in [-0.1, -0.05) is 19.9 Å². The van der Waals surface area contributed by atoms with Crippen LogP contribution in [0.2, 0.25) is 0 Å². The topological polar surface area (TPSA) is 79.3 Å². The molecule has 1 aromatic heterocycles. The van der Waals surface area contributed by atoms with Crippen molar-refractivity contribution in [3.63, 3.8) is 0 Å². The van der Waals surface area contributed by atoms with E-state index in [1.54, 1.807) is 6.20 Å². The molecule has 1 amide bonds. The number of carboxylic acids is 1. The number of nitrogens with one attached hydrogen (secondary N) is 1. The van der Waals surface area contributed by atoms with Crippen molar-refractivity contribution >= 4 is 11.9 Å². The maximum atomic E-state index is 11.9. The molecule has 0 spiro atoms. The monoisotopic (exact) mass is 292 g/mol. The van der Waals surface area contributed by atoms with E-state index in [0.717, 1.165) is 17.7 Å². The van der Waals surface area contributed by atoms with E-state index in [2.05, 4.69) is 10.3 Å². The van der Waals surface area contributed by atoms with Gasteiger partial charge in [0.25, 0.3) is 0 Å². The van der Waals surface area contributed by atoms with Crippen molar-refractivity contribution in [3.05, 3.63) is 29.6 Å². The summed E-state index contributed by atoms with van der Waals surface area (Å²) >= 11 is 0. The van der Waals surface area contributed by atoms with E-state index in [1.165, 1.54) is 0 Å². The molecule has 5 heteroatoms. The van der Waals surface area contributed by atoms with Crippen LogP contribution in [0.3, 0.4) is 0 Å². The van der Waals surface area contributed by atoms with Crippen LogP contribution in [0.1, 0.15) is 44.4 Å². The molecule has 0 aliphatic carbocycles. The van der Waals surface area contributed by atoms with Gasteiger partial charge in [0, 0.05) is 19.2 Å². The molecule has 0 radical (unpaired) electrons. The highest BCUT2D eigenvalue weighted by molar-refractivity contribution is 5.78. The Labute approximate surface area is 125 Å². The highest BCUT2D eigenvalue weighted by Gasteiger charge is 2.19. The van der Waals surface area contributed by atoms with Gasteiger partial charge >= 0.3 is 5.97 Å². The second-order valence-corrected chi connectivity index (χ2v) is 6.10. The number of aliphatic carboxylic acids is 1. The lowest BCUT2D eigenvalue weighted by atomic mass is 9.84. The molecular formula is C16H24N2O3. The average Bonchev–Trinajstić information content (AvgIpc) is 2.39. The number of nitrogens with zero attached hydrogens (tertiary/aromatic N) is 1. The van der Waals surface area contributed by atoms with E-state index < -0.39 is 5.97 Å². The molecule has 21 heavy (non-hydrogen) atoms. The van der Waals surface area contributed by atoms with E-state index in [9.17, 15) is 9.59 Å². The second kappa shape index (κ2) is 7.76. The molecule has 0 aromatic carbocycles. The van der Waals surface area contributed by atoms with Crippen LogP contribution in [0.15, 0.2) is 18.3 Å². The first kappa shape index (κ1) is 17.1. The number of aromatic nitrogens is 1. The molecular weight excluding hydrogens is 268 g/mol. The van der Waals surface area contributed by atoms with Gasteiger partial charge in [-0.2, -0.15) is 0 Å². The summed E-state index contributed by atoms with van der Waals surface area (Å²) in [7, 11) is 0. The molecule has 0 aliphatic heterocycles. The van der Waals surface area contributed by atoms with Crippen molar-refractivity contribution in [2.24, 2.45) is 5.41 Å². The summed E-state index contributed by atoms with van der Waals surface area (Å²) in [6.45, 7) is 6.53. The lowest BCUT2D eigenvalue weighted by Crippen LogP contribution is -2.30. The Bertz CT molecular complexity index is 498. The summed E-state index contributed by atoms with van der Waals surface area (Å²) in [6.07, 6.45) is 3.49. The Balaban J connectivity index is 2.33. The number of carboxylic acid groups (broad SMARTS) is 1. The van der Waals surface area contributed by atoms with Gasteiger partial charge in [-0.05, 0) is 36.8 Å². The highest BCUT2D eigenvalue weighted by atomic mass is 16.4. The van der Waals surface area contributed by atoms with Gasteiger partial charge in [-0.3, -0.25) is 14.6 Å². The standard InChI is InChI=1S/C16H24N2O3/c1-12-5-4-9-17-13(12)11-14(19)18-10-8-16(2,3)7-6-15(20)21/h4-5,9H,6-8,10-11H2,1-3H3,(H,18,19)(H,20,21). The zero-order valence-electron chi connectivity index (χ0n) is 13.0. The van der Waals surface area contributed by atoms with Gasteiger partial charge in [0.2, 0.25) is 5.91 Å². The van der Waals surface area contributed by atoms with Crippen LogP contribution in [0.5, 0.6) is 0 Å². The average molecular weight is 292 g/mol. The third-order valence-electron chi connectivity index (χ3n) is 3.59. The summed E-state index contributed by atoms with van der Waals surface area (Å²) in [4.78, 5) is 26.7. The molecule has 1 heterocycles. The smallest absolute Gasteiger partial charge is 0.303 e. The lowest BCUT2D eigenvalue weighted by molar-refractivity contribution is -0.137. The van der Waals surface area contributed by atoms with Crippen molar-refractivity contribution in [1.82, 2.24) is 10.3 Å². The predicted octanol–water partition coefficient (Wildman–Crippen LogP) is 2.33. The van der Waals surface area contributed by atoms with Crippen molar-refractivity contribution in [2.45, 2.75) is 46.5 Å². The van der Waals surface area contributed by atoms with Gasteiger partial charge in [0.15, 0.2) is 0 Å². The van der Waals surface area contributed by atoms with Crippen LogP contribution in [0.25, 0.3) is 0 Å². The Morgan fingerprint density at radius 1 is 1.33 bits per heavy atom. The fourth-order valence-corrected chi connectivity index (χ4v) is 2.03. The number of rotatable bonds is 8. The van der Waals surface area contributed by atoms with Crippen LogP contribution in [0.4, 0.5) is 0 Å². The molecule has 0 unspecified atom stereocenters. The molecule has 1 rings (SSSR count). The number of aryl methyl sites for hydroxylation is 1. The molecule has 0 aliphatic rings. The van der Waals surface area contributed by atoms with Crippen LogP contribution >= 0.6 is 0 Å². The Morgan fingerprint density at radius 3 is 2.67 bits per heavy atom. The van der Waals surface area contributed by atoms with Gasteiger partial charge in [-0.25, -0.2) is 0 Å². The molecule has 116 valence electrons. The van der Waals surface area contributed by atoms with Crippen molar-refractivity contribution in [2.75, 3.05) is 6.54 Å². The number of amides is 1. The molecule has 0 atom stereocenters. The van der Waals surface area contributed by atoms with Gasteiger partial charge in [0.05, 0.1) is 12.1 Å². The highest BCUT2D eigenvalue weighted by Crippen LogP contribution is 2.25. The predicted molar refractivity (Wildman–Crippen MR) is 81.0 cm³/mol. The quantitative estimate of drug-likeness (QED) is 0.770. The molecule has 5 nitrogen and oxygen atoms in total. The van der Waals surface area contributed by atoms with Crippen LogP contribution in [0, 0.1) is 12.3 Å². The zero-order chi connectivity index (χ0) is 15.9. The number of carbonyl (C=O) groups is 2. The normalized spacial score (nSPS) is 11.2. The minimum Gasteiger partial charge on any atom is -0.481 e. The van der Waals surface area contributed by atoms with E-state index in [4.69, 9.17) is 5.11 Å². The first-order valence-electron chi connectivity index (χ1n) is 7.19. The second-order valence-electron chi connectivity index (χ2n) is 6.10. The van der Waals surface area contributed by atoms with Crippen LogP contribution < -0.4 is 5.32 Å². The summed E-state index contributed by atoms with van der Waals surface area (Å²) in [6, 6.07) is 3.78. The van der Waals surface area contributed by atoms with E-state index in [0.29, 0.717) is 13.0 Å². The minimum absolute atomic E-state index is 0.0502. The number of pyridine rings is 1. The fourth-order valence-electron chi connectivity index (χ4n) is 2.03. The number of carbonyl (C=O) groups excluding carboxylic acids is 1. The minimum atomic E-state index is -0.780. The van der Waals surface area contributed by atoms with Crippen molar-refractivity contribution in [1.29, 1.82) is 0 Å². The molecule has 1 aromatic rings. The van der Waals surface area contributed by atoms with Gasteiger partial charge in [0.1, 0.15) is 0 Å². The summed E-state index contributed by atoms with van der Waals surface area (Å²) in [5.74, 6) is -0.830. The molecule has 0 bridgehead atoms. The van der Waals surface area contributed by atoms with Crippen LogP contribution in [-0.2, 0) is 16.0 Å². The Hall–Kier alpha value is -1.91. The van der Waals surface area contributed by atoms with Crippen LogP contribution in [-0.4, -0.2) is 28.5 Å². The number of hydrogen-bond acceptors (Lipinski definition) is 3. The third kappa shape index (κ3) is 6.88. The molecule has 0 fully saturated rings. The Morgan fingerprint density at radius 2 is 2.05 bits per heavy atom. The summed E-state index contributed by atoms with van der Waals surface area (Å²) < 4.78 is 0. The van der Waals surface area contributed by atoms with Gasteiger partial charge < -0.3 is 10.4 Å². The molecule has 0 saturated carbocycles. The van der Waals surface area contributed by atoms with Crippen molar-refractivity contribution < 1.29 is 14.7 Å². The SMILES string of the molecule is Cc1cccnc1CC(=O)NCCC(C)(C)CCC(=O)O. The summed E-state index contributed by atoms with van der Waals surface area (Å²) in [5.41, 5.74) is 1.71. The Kier molecular flexibility index (Phi) is 6.34. The maximum Gasteiger partial charge on any atom is 0.303 e. The van der Waals surface area contributed by atoms with Crippen molar-refractivity contribution in [3.8, 4) is 0 Å². The zero-order valence-corrected chi connectivity index (χ0v) is 13.0. The largest absolute Gasteiger partial charge is 0.481 e. The molecule has 2 N–H and O–H groups in total. The third-order valence-corrected chi connectivity index (χ3v) is 3.59. The van der Waals surface area contributed by atoms with E-state index >= 15 is 0 Å². The molecule has 0 saturated heterocycles. The fraction of sp³-hybridized carbons (Fsp3) is 0.562. The number of hydrogen-bond donors (Lipinski definition) is 2. The first-order valence-corrected chi connectivity index (χ1v) is 7.19. The maximum absolute atomic E-state index is 11.9. The van der Waals surface area contributed by atoms with Gasteiger partial charge in [-0.15, -0.1) is 0 Å². The summed E-state index contributed by atoms with van der Waals surface area (Å²) in [5, 5.41) is 11.6. The lowest BCUT2D eigenvalue weighted by Gasteiger charge is -2.23.